The van der Waals surface area contributed by atoms with Gasteiger partial charge in [-0.1, -0.05) is 37.8 Å². The first-order valence-electron chi connectivity index (χ1n) is 8.43. The second-order valence-electron chi connectivity index (χ2n) is 6.05. The van der Waals surface area contributed by atoms with Gasteiger partial charge in [0, 0.05) is 10.9 Å². The van der Waals surface area contributed by atoms with E-state index in [1.807, 2.05) is 0 Å². The number of halogens is 1. The SMILES string of the molecule is C[C@H](OC(=O)CSc1ccccc1F)C(=O)NC1CCCCCC1. The van der Waals surface area contributed by atoms with E-state index in [2.05, 4.69) is 5.32 Å². The average Bonchev–Trinajstić information content (AvgIpc) is 2.82. The number of nitrogens with one attached hydrogen (secondary N) is 1. The lowest BCUT2D eigenvalue weighted by Crippen LogP contribution is -2.42. The van der Waals surface area contributed by atoms with E-state index in [4.69, 9.17) is 4.74 Å². The van der Waals surface area contributed by atoms with Crippen molar-refractivity contribution in [1.82, 2.24) is 5.32 Å². The number of hydrogen-bond donors (Lipinski definition) is 1. The molecule has 0 aliphatic heterocycles. The second-order valence-corrected chi connectivity index (χ2v) is 7.07. The molecular weight excluding hydrogens is 329 g/mol. The quantitative estimate of drug-likeness (QED) is 0.481. The van der Waals surface area contributed by atoms with Crippen LogP contribution in [0, 0.1) is 5.82 Å². The number of thioether (sulfide) groups is 1. The molecule has 6 heteroatoms. The minimum Gasteiger partial charge on any atom is -0.452 e. The van der Waals surface area contributed by atoms with Gasteiger partial charge in [0.2, 0.25) is 0 Å². The summed E-state index contributed by atoms with van der Waals surface area (Å²) in [4.78, 5) is 24.4. The van der Waals surface area contributed by atoms with Gasteiger partial charge in [0.15, 0.2) is 6.10 Å². The van der Waals surface area contributed by atoms with Crippen LogP contribution >= 0.6 is 11.8 Å². The van der Waals surface area contributed by atoms with E-state index in [-0.39, 0.29) is 23.5 Å². The lowest BCUT2D eigenvalue weighted by molar-refractivity contribution is -0.152. The summed E-state index contributed by atoms with van der Waals surface area (Å²) >= 11 is 1.07. The van der Waals surface area contributed by atoms with E-state index in [0.29, 0.717) is 4.90 Å². The van der Waals surface area contributed by atoms with Crippen LogP contribution in [0.25, 0.3) is 0 Å². The first kappa shape index (κ1) is 18.8. The molecule has 0 radical (unpaired) electrons. The van der Waals surface area contributed by atoms with Crippen molar-refractivity contribution in [3.8, 4) is 0 Å². The number of esters is 1. The topological polar surface area (TPSA) is 55.4 Å². The fourth-order valence-corrected chi connectivity index (χ4v) is 3.45. The summed E-state index contributed by atoms with van der Waals surface area (Å²) in [5, 5.41) is 2.96. The summed E-state index contributed by atoms with van der Waals surface area (Å²) in [6.45, 7) is 1.57. The highest BCUT2D eigenvalue weighted by Crippen LogP contribution is 2.21. The Bertz CT molecular complexity index is 559. The molecule has 0 heterocycles. The molecule has 1 aromatic rings. The van der Waals surface area contributed by atoms with Gasteiger partial charge in [-0.05, 0) is 31.9 Å². The van der Waals surface area contributed by atoms with Crippen molar-refractivity contribution in [3.05, 3.63) is 30.1 Å². The van der Waals surface area contributed by atoms with Gasteiger partial charge in [-0.3, -0.25) is 9.59 Å². The molecule has 2 rings (SSSR count). The predicted octanol–water partition coefficient (Wildman–Crippen LogP) is 3.69. The van der Waals surface area contributed by atoms with Crippen LogP contribution < -0.4 is 5.32 Å². The largest absolute Gasteiger partial charge is 0.452 e. The third-order valence-corrected chi connectivity index (χ3v) is 5.08. The molecule has 1 saturated carbocycles. The molecule has 0 aromatic heterocycles. The Labute approximate surface area is 146 Å². The summed E-state index contributed by atoms with van der Waals surface area (Å²) in [6, 6.07) is 6.43. The standard InChI is InChI=1S/C18H24FNO3S/c1-13(18(22)20-14-8-4-2-3-5-9-14)23-17(21)12-24-16-11-7-6-10-15(16)19/h6-7,10-11,13-14H,2-5,8-9,12H2,1H3,(H,20,22)/t13-/m0/s1. The predicted molar refractivity (Wildman–Crippen MR) is 92.3 cm³/mol. The minimum absolute atomic E-state index is 0.0258. The summed E-state index contributed by atoms with van der Waals surface area (Å²) in [5.74, 6) is -1.17. The first-order chi connectivity index (χ1) is 11.6. The van der Waals surface area contributed by atoms with Crippen LogP contribution in [0.1, 0.15) is 45.4 Å². The van der Waals surface area contributed by atoms with Crippen LogP contribution in [0.4, 0.5) is 4.39 Å². The number of ether oxygens (including phenoxy) is 1. The van der Waals surface area contributed by atoms with Gasteiger partial charge < -0.3 is 10.1 Å². The Morgan fingerprint density at radius 3 is 2.58 bits per heavy atom. The average molecular weight is 353 g/mol. The van der Waals surface area contributed by atoms with Gasteiger partial charge in [0.25, 0.3) is 5.91 Å². The molecule has 1 atom stereocenters. The zero-order valence-electron chi connectivity index (χ0n) is 13.9. The number of amides is 1. The van der Waals surface area contributed by atoms with Crippen molar-refractivity contribution in [2.24, 2.45) is 0 Å². The third kappa shape index (κ3) is 6.15. The smallest absolute Gasteiger partial charge is 0.317 e. The molecule has 132 valence electrons. The Hall–Kier alpha value is -1.56. The molecule has 1 aliphatic rings. The van der Waals surface area contributed by atoms with Gasteiger partial charge in [0.1, 0.15) is 5.82 Å². The number of rotatable bonds is 6. The summed E-state index contributed by atoms with van der Waals surface area (Å²) in [7, 11) is 0. The van der Waals surface area contributed by atoms with Gasteiger partial charge in [0.05, 0.1) is 5.75 Å². The Morgan fingerprint density at radius 2 is 1.92 bits per heavy atom. The third-order valence-electron chi connectivity index (χ3n) is 4.06. The number of carbonyl (C=O) groups excluding carboxylic acids is 2. The monoisotopic (exact) mass is 353 g/mol. The molecule has 0 unspecified atom stereocenters. The highest BCUT2D eigenvalue weighted by molar-refractivity contribution is 8.00. The maximum Gasteiger partial charge on any atom is 0.317 e. The first-order valence-corrected chi connectivity index (χ1v) is 9.42. The molecule has 0 saturated heterocycles. The molecule has 1 amide bonds. The normalized spacial score (nSPS) is 16.9. The van der Waals surface area contributed by atoms with Crippen LogP contribution in [0.2, 0.25) is 0 Å². The molecule has 4 nitrogen and oxygen atoms in total. The number of benzene rings is 1. The summed E-state index contributed by atoms with van der Waals surface area (Å²) < 4.78 is 18.6. The second kappa shape index (κ2) is 9.67. The van der Waals surface area contributed by atoms with E-state index in [0.717, 1.165) is 37.4 Å². The molecule has 1 N–H and O–H groups in total. The van der Waals surface area contributed by atoms with Gasteiger partial charge >= 0.3 is 5.97 Å². The fourth-order valence-electron chi connectivity index (χ4n) is 2.73. The lowest BCUT2D eigenvalue weighted by Gasteiger charge is -2.19. The molecular formula is C18H24FNO3S. The molecule has 24 heavy (non-hydrogen) atoms. The highest BCUT2D eigenvalue weighted by Gasteiger charge is 2.22. The summed E-state index contributed by atoms with van der Waals surface area (Å²) in [5.41, 5.74) is 0. The van der Waals surface area contributed by atoms with Crippen molar-refractivity contribution in [2.45, 2.75) is 62.5 Å². The van der Waals surface area contributed by atoms with Gasteiger partial charge in [-0.25, -0.2) is 4.39 Å². The van der Waals surface area contributed by atoms with Crippen LogP contribution in [0.15, 0.2) is 29.2 Å². The van der Waals surface area contributed by atoms with Crippen molar-refractivity contribution in [1.29, 1.82) is 0 Å². The maximum atomic E-state index is 13.5. The van der Waals surface area contributed by atoms with E-state index in [1.165, 1.54) is 18.9 Å². The van der Waals surface area contributed by atoms with Crippen molar-refractivity contribution < 1.29 is 18.7 Å². The molecule has 1 aromatic carbocycles. The lowest BCUT2D eigenvalue weighted by atomic mass is 10.1. The summed E-state index contributed by atoms with van der Waals surface area (Å²) in [6.07, 6.45) is 5.80. The Kier molecular flexibility index (Phi) is 7.56. The maximum absolute atomic E-state index is 13.5. The zero-order chi connectivity index (χ0) is 17.4. The molecule has 1 aliphatic carbocycles. The Balaban J connectivity index is 1.74. The van der Waals surface area contributed by atoms with E-state index >= 15 is 0 Å². The van der Waals surface area contributed by atoms with Gasteiger partial charge in [-0.15, -0.1) is 11.8 Å². The van der Waals surface area contributed by atoms with Crippen molar-refractivity contribution in [3.63, 3.8) is 0 Å². The van der Waals surface area contributed by atoms with Gasteiger partial charge in [-0.2, -0.15) is 0 Å². The van der Waals surface area contributed by atoms with Crippen LogP contribution in [0.5, 0.6) is 0 Å². The molecule has 0 bridgehead atoms. The fraction of sp³-hybridized carbons (Fsp3) is 0.556. The van der Waals surface area contributed by atoms with Crippen LogP contribution in [-0.4, -0.2) is 29.8 Å². The Morgan fingerprint density at radius 1 is 1.25 bits per heavy atom. The highest BCUT2D eigenvalue weighted by atomic mass is 32.2. The molecule has 1 fully saturated rings. The molecule has 0 spiro atoms. The van der Waals surface area contributed by atoms with E-state index in [1.54, 1.807) is 25.1 Å². The number of hydrogen-bond acceptors (Lipinski definition) is 4. The number of carbonyl (C=O) groups is 2. The van der Waals surface area contributed by atoms with E-state index in [9.17, 15) is 14.0 Å². The van der Waals surface area contributed by atoms with Crippen LogP contribution in [0.3, 0.4) is 0 Å². The zero-order valence-corrected chi connectivity index (χ0v) is 14.7. The van der Waals surface area contributed by atoms with Crippen molar-refractivity contribution in [2.75, 3.05) is 5.75 Å². The minimum atomic E-state index is -0.832. The van der Waals surface area contributed by atoms with Crippen molar-refractivity contribution >= 4 is 23.6 Å². The van der Waals surface area contributed by atoms with Crippen LogP contribution in [-0.2, 0) is 14.3 Å². The van der Waals surface area contributed by atoms with E-state index < -0.39 is 12.1 Å².